The maximum absolute atomic E-state index is 11.5. The number of rotatable bonds is 3. The lowest BCUT2D eigenvalue weighted by Crippen LogP contribution is -2.25. The maximum atomic E-state index is 11.5. The largest absolute Gasteiger partial charge is 0.396 e. The summed E-state index contributed by atoms with van der Waals surface area (Å²) in [6, 6.07) is 0. The molecule has 1 heterocycles. The number of amides is 1. The number of aromatic nitrogens is 2. The van der Waals surface area contributed by atoms with E-state index in [1.165, 1.54) is 0 Å². The molecule has 0 aliphatic heterocycles. The van der Waals surface area contributed by atoms with E-state index >= 15 is 0 Å². The van der Waals surface area contributed by atoms with Gasteiger partial charge in [-0.1, -0.05) is 5.92 Å². The summed E-state index contributed by atoms with van der Waals surface area (Å²) in [5, 5.41) is 6.65. The average molecular weight is 206 g/mol. The highest BCUT2D eigenvalue weighted by molar-refractivity contribution is 5.97. The van der Waals surface area contributed by atoms with Crippen LogP contribution in [0.25, 0.3) is 0 Å². The summed E-state index contributed by atoms with van der Waals surface area (Å²) in [6.07, 6.45) is 1.64. The van der Waals surface area contributed by atoms with Gasteiger partial charge in [0.2, 0.25) is 0 Å². The Morgan fingerprint density at radius 2 is 2.47 bits per heavy atom. The van der Waals surface area contributed by atoms with E-state index in [-0.39, 0.29) is 11.6 Å². The van der Waals surface area contributed by atoms with Gasteiger partial charge in [0.25, 0.3) is 5.91 Å². The van der Waals surface area contributed by atoms with E-state index < -0.39 is 0 Å². The highest BCUT2D eigenvalue weighted by Gasteiger charge is 2.13. The molecule has 1 rings (SSSR count). The van der Waals surface area contributed by atoms with Gasteiger partial charge in [-0.2, -0.15) is 5.10 Å². The lowest BCUT2D eigenvalue weighted by Gasteiger charge is -1.97. The summed E-state index contributed by atoms with van der Waals surface area (Å²) in [7, 11) is 0. The number of carbonyl (C=O) groups excluding carboxylic acids is 1. The van der Waals surface area contributed by atoms with Crippen molar-refractivity contribution >= 4 is 11.6 Å². The van der Waals surface area contributed by atoms with Gasteiger partial charge in [0.05, 0.1) is 12.2 Å². The van der Waals surface area contributed by atoms with Gasteiger partial charge in [0, 0.05) is 12.7 Å². The van der Waals surface area contributed by atoms with Crippen molar-refractivity contribution in [1.29, 1.82) is 0 Å². The molecular formula is C10H14N4O. The molecule has 0 aliphatic rings. The van der Waals surface area contributed by atoms with Gasteiger partial charge in [-0.15, -0.1) is 5.92 Å². The van der Waals surface area contributed by atoms with Crippen molar-refractivity contribution in [2.45, 2.75) is 20.4 Å². The standard InChI is InChI=1S/C10H14N4O/c1-3-5-6-12-10(15)9-8(11)7-14(4-2)13-9/h7H,4,6,11H2,1-2H3,(H,12,15). The third-order valence-electron chi connectivity index (χ3n) is 1.84. The number of hydrogen-bond donors (Lipinski definition) is 2. The van der Waals surface area contributed by atoms with Gasteiger partial charge < -0.3 is 11.1 Å². The molecule has 0 aliphatic carbocycles. The van der Waals surface area contributed by atoms with Crippen LogP contribution >= 0.6 is 0 Å². The van der Waals surface area contributed by atoms with Crippen LogP contribution in [0.4, 0.5) is 5.69 Å². The Kier molecular flexibility index (Phi) is 3.75. The van der Waals surface area contributed by atoms with E-state index in [1.54, 1.807) is 17.8 Å². The third kappa shape index (κ3) is 2.74. The van der Waals surface area contributed by atoms with Crippen molar-refractivity contribution in [2.24, 2.45) is 0 Å². The summed E-state index contributed by atoms with van der Waals surface area (Å²) >= 11 is 0. The molecular weight excluding hydrogens is 192 g/mol. The van der Waals surface area contributed by atoms with Crippen LogP contribution in [0.5, 0.6) is 0 Å². The molecule has 0 saturated carbocycles. The monoisotopic (exact) mass is 206 g/mol. The number of hydrogen-bond acceptors (Lipinski definition) is 3. The molecule has 3 N–H and O–H groups in total. The van der Waals surface area contributed by atoms with Crippen LogP contribution in [0.3, 0.4) is 0 Å². The van der Waals surface area contributed by atoms with Crippen molar-refractivity contribution in [3.05, 3.63) is 11.9 Å². The Hall–Kier alpha value is -1.96. The number of nitrogen functional groups attached to an aromatic ring is 1. The average Bonchev–Trinajstić information content (AvgIpc) is 2.60. The molecule has 1 aromatic heterocycles. The number of aryl methyl sites for hydroxylation is 1. The summed E-state index contributed by atoms with van der Waals surface area (Å²) in [5.41, 5.74) is 6.29. The first-order valence-corrected chi connectivity index (χ1v) is 4.69. The highest BCUT2D eigenvalue weighted by Crippen LogP contribution is 2.08. The number of anilines is 1. The first-order valence-electron chi connectivity index (χ1n) is 4.69. The second-order valence-corrected chi connectivity index (χ2v) is 2.90. The molecule has 5 heteroatoms. The Bertz CT molecular complexity index is 411. The molecule has 1 aromatic rings. The Labute approximate surface area is 88.6 Å². The fourth-order valence-electron chi connectivity index (χ4n) is 1.07. The van der Waals surface area contributed by atoms with Crippen LogP contribution < -0.4 is 11.1 Å². The van der Waals surface area contributed by atoms with E-state index in [0.29, 0.717) is 18.8 Å². The molecule has 0 spiro atoms. The number of nitrogens with zero attached hydrogens (tertiary/aromatic N) is 2. The van der Waals surface area contributed by atoms with Crippen LogP contribution in [-0.4, -0.2) is 22.2 Å². The minimum Gasteiger partial charge on any atom is -0.396 e. The number of nitrogens with two attached hydrogens (primary N) is 1. The highest BCUT2D eigenvalue weighted by atomic mass is 16.1. The van der Waals surface area contributed by atoms with E-state index in [1.807, 2.05) is 6.92 Å². The molecule has 0 unspecified atom stereocenters. The molecule has 0 fully saturated rings. The van der Waals surface area contributed by atoms with Crippen LogP contribution in [0.2, 0.25) is 0 Å². The Morgan fingerprint density at radius 1 is 1.73 bits per heavy atom. The van der Waals surface area contributed by atoms with Crippen molar-refractivity contribution in [3.8, 4) is 11.8 Å². The lowest BCUT2D eigenvalue weighted by molar-refractivity contribution is 0.0954. The molecule has 80 valence electrons. The van der Waals surface area contributed by atoms with Crippen LogP contribution in [0.1, 0.15) is 24.3 Å². The SMILES string of the molecule is CC#CCNC(=O)c1nn(CC)cc1N. The van der Waals surface area contributed by atoms with Crippen molar-refractivity contribution < 1.29 is 4.79 Å². The minimum atomic E-state index is -0.289. The second kappa shape index (κ2) is 5.05. The first kappa shape index (κ1) is 11.1. The van der Waals surface area contributed by atoms with Crippen LogP contribution in [-0.2, 0) is 6.54 Å². The zero-order valence-electron chi connectivity index (χ0n) is 8.87. The van der Waals surface area contributed by atoms with Gasteiger partial charge in [-0.05, 0) is 13.8 Å². The zero-order chi connectivity index (χ0) is 11.3. The fourth-order valence-corrected chi connectivity index (χ4v) is 1.07. The zero-order valence-corrected chi connectivity index (χ0v) is 8.87. The summed E-state index contributed by atoms with van der Waals surface area (Å²) < 4.78 is 1.62. The Morgan fingerprint density at radius 3 is 3.00 bits per heavy atom. The molecule has 0 radical (unpaired) electrons. The number of carbonyl (C=O) groups is 1. The second-order valence-electron chi connectivity index (χ2n) is 2.90. The van der Waals surface area contributed by atoms with Crippen molar-refractivity contribution in [1.82, 2.24) is 15.1 Å². The van der Waals surface area contributed by atoms with Crippen LogP contribution in [0.15, 0.2) is 6.20 Å². The van der Waals surface area contributed by atoms with Gasteiger partial charge in [0.1, 0.15) is 0 Å². The minimum absolute atomic E-state index is 0.259. The topological polar surface area (TPSA) is 72.9 Å². The predicted molar refractivity (Wildman–Crippen MR) is 58.1 cm³/mol. The first-order chi connectivity index (χ1) is 7.19. The quantitative estimate of drug-likeness (QED) is 0.696. The molecule has 0 atom stereocenters. The van der Waals surface area contributed by atoms with E-state index in [0.717, 1.165) is 0 Å². The fraction of sp³-hybridized carbons (Fsp3) is 0.400. The van der Waals surface area contributed by atoms with Gasteiger partial charge in [-0.25, -0.2) is 0 Å². The van der Waals surface area contributed by atoms with Gasteiger partial charge in [-0.3, -0.25) is 9.48 Å². The maximum Gasteiger partial charge on any atom is 0.274 e. The molecule has 0 aromatic carbocycles. The number of nitrogens with one attached hydrogen (secondary N) is 1. The normalized spacial score (nSPS) is 9.20. The summed E-state index contributed by atoms with van der Waals surface area (Å²) in [4.78, 5) is 11.5. The van der Waals surface area contributed by atoms with Crippen LogP contribution in [0, 0.1) is 11.8 Å². The lowest BCUT2D eigenvalue weighted by atomic mass is 10.3. The predicted octanol–water partition coefficient (Wildman–Crippen LogP) is 0.238. The van der Waals surface area contributed by atoms with E-state index in [4.69, 9.17) is 5.73 Å². The smallest absolute Gasteiger partial charge is 0.274 e. The summed E-state index contributed by atoms with van der Waals surface area (Å²) in [6.45, 7) is 4.64. The van der Waals surface area contributed by atoms with E-state index in [2.05, 4.69) is 22.3 Å². The summed E-state index contributed by atoms with van der Waals surface area (Å²) in [5.74, 6) is 5.13. The molecule has 0 bridgehead atoms. The van der Waals surface area contributed by atoms with Gasteiger partial charge >= 0.3 is 0 Å². The van der Waals surface area contributed by atoms with Crippen molar-refractivity contribution in [2.75, 3.05) is 12.3 Å². The molecule has 1 amide bonds. The third-order valence-corrected chi connectivity index (χ3v) is 1.84. The molecule has 0 saturated heterocycles. The van der Waals surface area contributed by atoms with Gasteiger partial charge in [0.15, 0.2) is 5.69 Å². The van der Waals surface area contributed by atoms with Crippen molar-refractivity contribution in [3.63, 3.8) is 0 Å². The van der Waals surface area contributed by atoms with E-state index in [9.17, 15) is 4.79 Å². The molecule has 5 nitrogen and oxygen atoms in total. The Balaban J connectivity index is 2.71. The molecule has 15 heavy (non-hydrogen) atoms.